The highest BCUT2D eigenvalue weighted by Crippen LogP contribution is 2.28. The molecule has 112 valence electrons. The molecule has 3 heterocycles. The molecule has 4 N–H and O–H groups in total. The Morgan fingerprint density at radius 2 is 2.10 bits per heavy atom. The largest absolute Gasteiger partial charge is 0.394 e. The lowest BCUT2D eigenvalue weighted by molar-refractivity contribution is -0.0547. The number of nitrogens with zero attached hydrogens (tertiary/aromatic N) is 3. The standard InChI is InChI=1S/C11H12N4O6/c16-3-5-6(17)7(18)9(21-5)15-2-4-1-12-10(19)13-8(4)14-11(15)20/h1-2,5-7,9,16-18H,3H2,(H,13,14,19,20)/t5-,6?,7?,9-/m1/s1. The monoisotopic (exact) mass is 296 g/mol. The third kappa shape index (κ3) is 2.23. The van der Waals surface area contributed by atoms with Crippen LogP contribution in [0.4, 0.5) is 0 Å². The first-order chi connectivity index (χ1) is 10.0. The first-order valence-corrected chi connectivity index (χ1v) is 6.12. The number of nitrogens with one attached hydrogen (secondary N) is 1. The number of aliphatic hydroxyl groups excluding tert-OH is 3. The van der Waals surface area contributed by atoms with Gasteiger partial charge in [-0.25, -0.2) is 14.6 Å². The predicted octanol–water partition coefficient (Wildman–Crippen LogP) is -2.91. The molecule has 21 heavy (non-hydrogen) atoms. The fraction of sp³-hybridized carbons (Fsp3) is 0.455. The van der Waals surface area contributed by atoms with Crippen LogP contribution in [0, 0.1) is 0 Å². The van der Waals surface area contributed by atoms with Crippen molar-refractivity contribution in [3.8, 4) is 0 Å². The van der Waals surface area contributed by atoms with Crippen LogP contribution in [0.1, 0.15) is 6.23 Å². The van der Waals surface area contributed by atoms with Crippen LogP contribution in [0.2, 0.25) is 0 Å². The summed E-state index contributed by atoms with van der Waals surface area (Å²) in [4.78, 5) is 32.5. The summed E-state index contributed by atoms with van der Waals surface area (Å²) in [7, 11) is 0. The van der Waals surface area contributed by atoms with Gasteiger partial charge in [0.2, 0.25) is 0 Å². The Hall–Kier alpha value is -2.14. The number of aromatic nitrogens is 4. The van der Waals surface area contributed by atoms with E-state index in [0.29, 0.717) is 5.39 Å². The maximum atomic E-state index is 12.0. The minimum Gasteiger partial charge on any atom is -0.394 e. The number of hydrogen-bond donors (Lipinski definition) is 4. The van der Waals surface area contributed by atoms with Crippen molar-refractivity contribution in [1.29, 1.82) is 0 Å². The Balaban J connectivity index is 2.09. The zero-order valence-electron chi connectivity index (χ0n) is 10.6. The lowest BCUT2D eigenvalue weighted by Crippen LogP contribution is -2.36. The average molecular weight is 296 g/mol. The van der Waals surface area contributed by atoms with Crippen molar-refractivity contribution in [2.45, 2.75) is 24.5 Å². The van der Waals surface area contributed by atoms with Crippen molar-refractivity contribution in [1.82, 2.24) is 19.5 Å². The fourth-order valence-electron chi connectivity index (χ4n) is 2.23. The second-order valence-electron chi connectivity index (χ2n) is 4.65. The van der Waals surface area contributed by atoms with Crippen molar-refractivity contribution < 1.29 is 20.1 Å². The van der Waals surface area contributed by atoms with Crippen LogP contribution in [0.5, 0.6) is 0 Å². The van der Waals surface area contributed by atoms with Crippen LogP contribution in [-0.2, 0) is 4.74 Å². The molecule has 0 aromatic carbocycles. The van der Waals surface area contributed by atoms with E-state index in [0.717, 1.165) is 4.57 Å². The van der Waals surface area contributed by atoms with Gasteiger partial charge in [0.15, 0.2) is 6.23 Å². The topological polar surface area (TPSA) is 151 Å². The third-order valence-corrected chi connectivity index (χ3v) is 3.32. The highest BCUT2D eigenvalue weighted by Gasteiger charge is 2.43. The van der Waals surface area contributed by atoms with Gasteiger partial charge in [0, 0.05) is 12.4 Å². The number of ether oxygens (including phenoxy) is 1. The summed E-state index contributed by atoms with van der Waals surface area (Å²) >= 11 is 0. The van der Waals surface area contributed by atoms with Crippen molar-refractivity contribution in [2.75, 3.05) is 6.61 Å². The maximum Gasteiger partial charge on any atom is 0.351 e. The van der Waals surface area contributed by atoms with Gasteiger partial charge in [-0.1, -0.05) is 0 Å². The van der Waals surface area contributed by atoms with E-state index in [4.69, 9.17) is 9.84 Å². The molecule has 4 atom stereocenters. The molecule has 10 heteroatoms. The Morgan fingerprint density at radius 3 is 2.76 bits per heavy atom. The maximum absolute atomic E-state index is 12.0. The Morgan fingerprint density at radius 1 is 1.33 bits per heavy atom. The van der Waals surface area contributed by atoms with Crippen molar-refractivity contribution >= 4 is 11.0 Å². The second kappa shape index (κ2) is 5.00. The molecule has 1 fully saturated rings. The quantitative estimate of drug-likeness (QED) is 0.460. The number of H-pyrrole nitrogens is 1. The molecule has 1 aliphatic rings. The molecule has 0 radical (unpaired) electrons. The molecular weight excluding hydrogens is 284 g/mol. The lowest BCUT2D eigenvalue weighted by atomic mass is 10.1. The molecule has 10 nitrogen and oxygen atoms in total. The predicted molar refractivity (Wildman–Crippen MR) is 67.4 cm³/mol. The number of fused-ring (bicyclic) bond motifs is 1. The van der Waals surface area contributed by atoms with Gasteiger partial charge in [-0.05, 0) is 0 Å². The van der Waals surface area contributed by atoms with Crippen molar-refractivity contribution in [2.24, 2.45) is 0 Å². The van der Waals surface area contributed by atoms with Gasteiger partial charge in [0.25, 0.3) is 0 Å². The molecule has 1 saturated heterocycles. The minimum absolute atomic E-state index is 0.0583. The van der Waals surface area contributed by atoms with Gasteiger partial charge in [-0.3, -0.25) is 9.55 Å². The molecule has 0 aliphatic carbocycles. The van der Waals surface area contributed by atoms with Gasteiger partial charge < -0.3 is 20.1 Å². The molecule has 0 saturated carbocycles. The van der Waals surface area contributed by atoms with Gasteiger partial charge in [-0.15, -0.1) is 0 Å². The molecule has 2 aromatic rings. The number of aliphatic hydroxyl groups is 3. The van der Waals surface area contributed by atoms with E-state index in [1.54, 1.807) is 0 Å². The molecular formula is C11H12N4O6. The van der Waals surface area contributed by atoms with Crippen LogP contribution in [0.3, 0.4) is 0 Å². The summed E-state index contributed by atoms with van der Waals surface area (Å²) in [5.41, 5.74) is -1.36. The van der Waals surface area contributed by atoms with Gasteiger partial charge >= 0.3 is 11.4 Å². The first-order valence-electron chi connectivity index (χ1n) is 6.12. The van der Waals surface area contributed by atoms with Crippen molar-refractivity contribution in [3.05, 3.63) is 33.4 Å². The zero-order chi connectivity index (χ0) is 15.1. The highest BCUT2D eigenvalue weighted by atomic mass is 16.6. The molecule has 3 rings (SSSR count). The summed E-state index contributed by atoms with van der Waals surface area (Å²) in [6, 6.07) is 0. The van der Waals surface area contributed by atoms with Crippen LogP contribution < -0.4 is 11.4 Å². The molecule has 1 aliphatic heterocycles. The van der Waals surface area contributed by atoms with E-state index in [-0.39, 0.29) is 5.65 Å². The zero-order valence-corrected chi connectivity index (χ0v) is 10.6. The molecule has 2 aromatic heterocycles. The van der Waals surface area contributed by atoms with Crippen LogP contribution in [0.25, 0.3) is 11.0 Å². The van der Waals surface area contributed by atoms with E-state index in [2.05, 4.69) is 15.0 Å². The smallest absolute Gasteiger partial charge is 0.351 e. The molecule has 2 unspecified atom stereocenters. The van der Waals surface area contributed by atoms with Gasteiger partial charge in [0.05, 0.1) is 12.0 Å². The summed E-state index contributed by atoms with van der Waals surface area (Å²) in [6.07, 6.45) is -2.38. The molecule has 0 spiro atoms. The fourth-order valence-corrected chi connectivity index (χ4v) is 2.23. The van der Waals surface area contributed by atoms with E-state index in [1.165, 1.54) is 12.4 Å². The van der Waals surface area contributed by atoms with Gasteiger partial charge in [-0.2, -0.15) is 4.98 Å². The molecule has 0 amide bonds. The first kappa shape index (κ1) is 13.8. The molecule has 0 bridgehead atoms. The average Bonchev–Trinajstić information content (AvgIpc) is 2.74. The minimum atomic E-state index is -1.39. The summed E-state index contributed by atoms with van der Waals surface area (Å²) in [5, 5.41) is 29.0. The Kier molecular flexibility index (Phi) is 3.29. The summed E-state index contributed by atoms with van der Waals surface area (Å²) < 4.78 is 6.23. The van der Waals surface area contributed by atoms with E-state index in [1.807, 2.05) is 0 Å². The van der Waals surface area contributed by atoms with Crippen LogP contribution in [0.15, 0.2) is 22.0 Å². The van der Waals surface area contributed by atoms with E-state index >= 15 is 0 Å². The Labute approximate surface area is 116 Å². The number of hydrogen-bond acceptors (Lipinski definition) is 8. The summed E-state index contributed by atoms with van der Waals surface area (Å²) in [6.45, 7) is -0.501. The van der Waals surface area contributed by atoms with Gasteiger partial charge in [0.1, 0.15) is 24.0 Å². The van der Waals surface area contributed by atoms with Crippen LogP contribution in [-0.4, -0.2) is 59.8 Å². The Bertz CT molecular complexity index is 786. The SMILES string of the molecule is O=c1ncc2cn([C@@H]3O[C@H](CO)C(O)C3O)c(=O)nc2[nH]1. The summed E-state index contributed by atoms with van der Waals surface area (Å²) in [5.74, 6) is 0. The van der Waals surface area contributed by atoms with Crippen LogP contribution >= 0.6 is 0 Å². The van der Waals surface area contributed by atoms with E-state index in [9.17, 15) is 19.8 Å². The second-order valence-corrected chi connectivity index (χ2v) is 4.65. The normalized spacial score (nSPS) is 29.1. The number of rotatable bonds is 2. The van der Waals surface area contributed by atoms with E-state index < -0.39 is 42.5 Å². The lowest BCUT2D eigenvalue weighted by Gasteiger charge is -2.17. The third-order valence-electron chi connectivity index (χ3n) is 3.32. The number of aromatic amines is 1. The van der Waals surface area contributed by atoms with Crippen molar-refractivity contribution in [3.63, 3.8) is 0 Å². The highest BCUT2D eigenvalue weighted by molar-refractivity contribution is 5.71.